The van der Waals surface area contributed by atoms with Crippen LogP contribution in [0.2, 0.25) is 0 Å². The number of benzene rings is 2. The molecule has 0 aliphatic heterocycles. The fourth-order valence-electron chi connectivity index (χ4n) is 1.90. The van der Waals surface area contributed by atoms with Crippen LogP contribution >= 0.6 is 24.0 Å². The number of thioether (sulfide) groups is 1. The Morgan fingerprint density at radius 3 is 2.53 bits per heavy atom. The van der Waals surface area contributed by atoms with Crippen LogP contribution in [0.25, 0.3) is 0 Å². The summed E-state index contributed by atoms with van der Waals surface area (Å²) in [5.41, 5.74) is 8.99. The summed E-state index contributed by atoms with van der Waals surface area (Å²) < 4.78 is 0. The molecule has 3 N–H and O–H groups in total. The van der Waals surface area contributed by atoms with E-state index in [1.807, 2.05) is 42.7 Å². The normalized spacial score (nSPS) is 10.2. The van der Waals surface area contributed by atoms with Crippen LogP contribution in [0.3, 0.4) is 0 Å². The molecule has 0 radical (unpaired) electrons. The second kappa shape index (κ2) is 6.59. The third-order valence-electron chi connectivity index (χ3n) is 2.82. The van der Waals surface area contributed by atoms with Gasteiger partial charge < -0.3 is 11.1 Å². The highest BCUT2D eigenvalue weighted by Gasteiger charge is 2.10. The van der Waals surface area contributed by atoms with Crippen molar-refractivity contribution < 1.29 is 0 Å². The monoisotopic (exact) mass is 288 g/mol. The van der Waals surface area contributed by atoms with Crippen LogP contribution in [-0.2, 0) is 6.54 Å². The number of thiocarbonyl (C=S) groups is 1. The van der Waals surface area contributed by atoms with Crippen molar-refractivity contribution in [2.75, 3.05) is 11.6 Å². The summed E-state index contributed by atoms with van der Waals surface area (Å²) in [6.07, 6.45) is 2.03. The van der Waals surface area contributed by atoms with E-state index in [0.29, 0.717) is 4.99 Å². The van der Waals surface area contributed by atoms with Crippen LogP contribution in [0, 0.1) is 0 Å². The van der Waals surface area contributed by atoms with Crippen molar-refractivity contribution >= 4 is 34.7 Å². The minimum atomic E-state index is 0.431. The van der Waals surface area contributed by atoms with Gasteiger partial charge in [0.2, 0.25) is 0 Å². The first-order valence-corrected chi connectivity index (χ1v) is 7.60. The summed E-state index contributed by atoms with van der Waals surface area (Å²) in [7, 11) is 0. The number of hydrogen-bond acceptors (Lipinski definition) is 3. The molecule has 2 aromatic rings. The molecule has 0 spiro atoms. The number of rotatable bonds is 5. The first-order chi connectivity index (χ1) is 9.22. The maximum Gasteiger partial charge on any atom is 0.107 e. The van der Waals surface area contributed by atoms with Gasteiger partial charge in [-0.1, -0.05) is 48.6 Å². The molecule has 0 aromatic heterocycles. The summed E-state index contributed by atoms with van der Waals surface area (Å²) in [5.74, 6) is 0. The van der Waals surface area contributed by atoms with E-state index in [0.717, 1.165) is 22.7 Å². The van der Waals surface area contributed by atoms with E-state index in [2.05, 4.69) is 17.4 Å². The SMILES string of the molecule is CSc1cccc(NCc2ccccc2)c1C(N)=S. The van der Waals surface area contributed by atoms with Crippen LogP contribution < -0.4 is 11.1 Å². The molecular weight excluding hydrogens is 272 g/mol. The average molecular weight is 288 g/mol. The van der Waals surface area contributed by atoms with Gasteiger partial charge in [0.15, 0.2) is 0 Å². The molecule has 4 heteroatoms. The standard InChI is InChI=1S/C15H16N2S2/c1-19-13-9-5-8-12(14(13)15(16)18)17-10-11-6-3-2-4-7-11/h2-9,17H,10H2,1H3,(H2,16,18). The Bertz CT molecular complexity index is 568. The number of hydrogen-bond donors (Lipinski definition) is 2. The van der Waals surface area contributed by atoms with Crippen molar-refractivity contribution in [2.24, 2.45) is 5.73 Å². The Labute approximate surface area is 123 Å². The third-order valence-corrected chi connectivity index (χ3v) is 3.80. The number of anilines is 1. The minimum absolute atomic E-state index is 0.431. The molecule has 0 heterocycles. The van der Waals surface area contributed by atoms with E-state index < -0.39 is 0 Å². The Morgan fingerprint density at radius 1 is 1.16 bits per heavy atom. The Morgan fingerprint density at radius 2 is 1.89 bits per heavy atom. The highest BCUT2D eigenvalue weighted by atomic mass is 32.2. The first kappa shape index (κ1) is 13.9. The lowest BCUT2D eigenvalue weighted by Gasteiger charge is -2.14. The first-order valence-electron chi connectivity index (χ1n) is 5.97. The predicted octanol–water partition coefficient (Wildman–Crippen LogP) is 3.65. The van der Waals surface area contributed by atoms with Gasteiger partial charge in [-0.2, -0.15) is 0 Å². The van der Waals surface area contributed by atoms with Gasteiger partial charge in [0, 0.05) is 22.7 Å². The summed E-state index contributed by atoms with van der Waals surface area (Å²) in [6, 6.07) is 16.3. The molecule has 0 aliphatic carbocycles. The molecule has 0 fully saturated rings. The number of nitrogens with one attached hydrogen (secondary N) is 1. The second-order valence-corrected chi connectivity index (χ2v) is 5.37. The van der Waals surface area contributed by atoms with Crippen LogP contribution in [0.4, 0.5) is 5.69 Å². The van der Waals surface area contributed by atoms with E-state index in [1.165, 1.54) is 5.56 Å². The van der Waals surface area contributed by atoms with E-state index in [4.69, 9.17) is 18.0 Å². The molecule has 0 aliphatic rings. The molecular formula is C15H16N2S2. The average Bonchev–Trinajstić information content (AvgIpc) is 2.45. The van der Waals surface area contributed by atoms with Crippen LogP contribution in [0.15, 0.2) is 53.4 Å². The smallest absolute Gasteiger partial charge is 0.107 e. The lowest BCUT2D eigenvalue weighted by Crippen LogP contribution is -2.14. The summed E-state index contributed by atoms with van der Waals surface area (Å²) in [5, 5.41) is 3.40. The summed E-state index contributed by atoms with van der Waals surface area (Å²) in [6.45, 7) is 0.758. The van der Waals surface area contributed by atoms with Crippen LogP contribution in [0.5, 0.6) is 0 Å². The van der Waals surface area contributed by atoms with Gasteiger partial charge in [0.1, 0.15) is 4.99 Å². The Kier molecular flexibility index (Phi) is 4.82. The van der Waals surface area contributed by atoms with Gasteiger partial charge in [-0.3, -0.25) is 0 Å². The maximum atomic E-state index is 5.84. The van der Waals surface area contributed by atoms with Crippen molar-refractivity contribution in [3.05, 3.63) is 59.7 Å². The Balaban J connectivity index is 2.23. The molecule has 2 nitrogen and oxygen atoms in total. The molecule has 0 saturated heterocycles. The zero-order valence-electron chi connectivity index (χ0n) is 10.7. The third kappa shape index (κ3) is 3.49. The summed E-state index contributed by atoms with van der Waals surface area (Å²) in [4.78, 5) is 1.53. The lowest BCUT2D eigenvalue weighted by atomic mass is 10.1. The van der Waals surface area contributed by atoms with Crippen molar-refractivity contribution in [1.29, 1.82) is 0 Å². The van der Waals surface area contributed by atoms with Crippen LogP contribution in [0.1, 0.15) is 11.1 Å². The molecule has 0 atom stereocenters. The number of nitrogens with two attached hydrogens (primary N) is 1. The molecule has 0 amide bonds. The topological polar surface area (TPSA) is 38.0 Å². The van der Waals surface area contributed by atoms with Crippen molar-refractivity contribution in [3.8, 4) is 0 Å². The van der Waals surface area contributed by atoms with Gasteiger partial charge in [-0.25, -0.2) is 0 Å². The molecule has 98 valence electrons. The highest BCUT2D eigenvalue weighted by Crippen LogP contribution is 2.27. The molecule has 2 aromatic carbocycles. The zero-order chi connectivity index (χ0) is 13.7. The van der Waals surface area contributed by atoms with Gasteiger partial charge in [-0.05, 0) is 24.0 Å². The Hall–Kier alpha value is -1.52. The van der Waals surface area contributed by atoms with E-state index in [-0.39, 0.29) is 0 Å². The largest absolute Gasteiger partial charge is 0.389 e. The molecule has 0 bridgehead atoms. The zero-order valence-corrected chi connectivity index (χ0v) is 12.4. The minimum Gasteiger partial charge on any atom is -0.389 e. The van der Waals surface area contributed by atoms with E-state index in [9.17, 15) is 0 Å². The van der Waals surface area contributed by atoms with Crippen molar-refractivity contribution in [3.63, 3.8) is 0 Å². The molecule has 2 rings (SSSR count). The van der Waals surface area contributed by atoms with Gasteiger partial charge in [0.25, 0.3) is 0 Å². The maximum absolute atomic E-state index is 5.84. The molecule has 0 saturated carbocycles. The van der Waals surface area contributed by atoms with Crippen LogP contribution in [-0.4, -0.2) is 11.2 Å². The molecule has 19 heavy (non-hydrogen) atoms. The van der Waals surface area contributed by atoms with Crippen molar-refractivity contribution in [1.82, 2.24) is 0 Å². The van der Waals surface area contributed by atoms with Crippen molar-refractivity contribution in [2.45, 2.75) is 11.4 Å². The quantitative estimate of drug-likeness (QED) is 0.650. The molecule has 0 unspecified atom stereocenters. The van der Waals surface area contributed by atoms with Gasteiger partial charge in [-0.15, -0.1) is 11.8 Å². The van der Waals surface area contributed by atoms with Gasteiger partial charge >= 0.3 is 0 Å². The van der Waals surface area contributed by atoms with Gasteiger partial charge in [0.05, 0.1) is 0 Å². The predicted molar refractivity (Wildman–Crippen MR) is 87.9 cm³/mol. The van der Waals surface area contributed by atoms with E-state index in [1.54, 1.807) is 11.8 Å². The fourth-order valence-corrected chi connectivity index (χ4v) is 2.82. The second-order valence-electron chi connectivity index (χ2n) is 4.09. The fraction of sp³-hybridized carbons (Fsp3) is 0.133. The van der Waals surface area contributed by atoms with E-state index >= 15 is 0 Å². The summed E-state index contributed by atoms with van der Waals surface area (Å²) >= 11 is 6.81. The lowest BCUT2D eigenvalue weighted by molar-refractivity contribution is 1.14. The highest BCUT2D eigenvalue weighted by molar-refractivity contribution is 7.98.